The molecule has 1 saturated heterocycles. The average molecular weight is 396 g/mol. The highest BCUT2D eigenvalue weighted by molar-refractivity contribution is 6.31. The molecular weight excluding hydrogens is 374 g/mol. The van der Waals surface area contributed by atoms with Gasteiger partial charge in [0.25, 0.3) is 5.91 Å². The Morgan fingerprint density at radius 3 is 2.64 bits per heavy atom. The summed E-state index contributed by atoms with van der Waals surface area (Å²) < 4.78 is 5.49. The molecule has 1 aliphatic rings. The lowest BCUT2D eigenvalue weighted by atomic mass is 10.1. The van der Waals surface area contributed by atoms with Crippen LogP contribution < -0.4 is 10.2 Å². The van der Waals surface area contributed by atoms with Gasteiger partial charge < -0.3 is 15.0 Å². The fraction of sp³-hybridized carbons (Fsp3) is 0.273. The summed E-state index contributed by atoms with van der Waals surface area (Å²) in [6, 6.07) is 13.4. The molecule has 0 atom stereocenters. The Morgan fingerprint density at radius 1 is 1.11 bits per heavy atom. The van der Waals surface area contributed by atoms with Crippen molar-refractivity contribution in [1.82, 2.24) is 4.98 Å². The number of benzene rings is 2. The molecule has 1 amide bonds. The second kappa shape index (κ2) is 7.78. The van der Waals surface area contributed by atoms with E-state index in [1.54, 1.807) is 6.07 Å². The molecule has 0 aliphatic carbocycles. The molecule has 6 heteroatoms. The highest BCUT2D eigenvalue weighted by Gasteiger charge is 2.19. The average Bonchev–Trinajstić information content (AvgIpc) is 2.70. The molecule has 28 heavy (non-hydrogen) atoms. The number of rotatable bonds is 3. The van der Waals surface area contributed by atoms with E-state index < -0.39 is 0 Å². The summed E-state index contributed by atoms with van der Waals surface area (Å²) in [5, 5.41) is 4.58. The SMILES string of the molecule is Cc1ccc2nc(C(=O)Nc3ccc(C)c(Cl)c3)cc(N3CCOCC3)c2c1. The number of fused-ring (bicyclic) bond motifs is 1. The first-order valence-electron chi connectivity index (χ1n) is 9.33. The summed E-state index contributed by atoms with van der Waals surface area (Å²) in [7, 11) is 0. The van der Waals surface area contributed by atoms with Crippen molar-refractivity contribution >= 4 is 39.8 Å². The van der Waals surface area contributed by atoms with Gasteiger partial charge in [0.1, 0.15) is 5.69 Å². The van der Waals surface area contributed by atoms with Gasteiger partial charge in [0.15, 0.2) is 0 Å². The van der Waals surface area contributed by atoms with Gasteiger partial charge in [-0.1, -0.05) is 29.3 Å². The minimum atomic E-state index is -0.253. The molecule has 0 unspecified atom stereocenters. The lowest BCUT2D eigenvalue weighted by Crippen LogP contribution is -2.36. The molecule has 0 spiro atoms. The number of hydrogen-bond donors (Lipinski definition) is 1. The van der Waals surface area contributed by atoms with Crippen LogP contribution in [-0.2, 0) is 4.74 Å². The van der Waals surface area contributed by atoms with Crippen LogP contribution in [0.15, 0.2) is 42.5 Å². The zero-order chi connectivity index (χ0) is 19.7. The molecule has 1 aromatic heterocycles. The van der Waals surface area contributed by atoms with Gasteiger partial charge in [-0.3, -0.25) is 4.79 Å². The van der Waals surface area contributed by atoms with E-state index in [1.807, 2.05) is 37.3 Å². The molecule has 1 N–H and O–H groups in total. The summed E-state index contributed by atoms with van der Waals surface area (Å²) in [6.45, 7) is 6.93. The smallest absolute Gasteiger partial charge is 0.274 e. The molecule has 0 bridgehead atoms. The Bertz CT molecular complexity index is 1050. The van der Waals surface area contributed by atoms with Crippen LogP contribution in [0.1, 0.15) is 21.6 Å². The number of pyridine rings is 1. The number of morpholine rings is 1. The summed E-state index contributed by atoms with van der Waals surface area (Å²) in [4.78, 5) is 19.8. The third kappa shape index (κ3) is 3.81. The Kier molecular flexibility index (Phi) is 5.20. The van der Waals surface area contributed by atoms with Crippen molar-refractivity contribution in [2.24, 2.45) is 0 Å². The quantitative estimate of drug-likeness (QED) is 0.704. The molecule has 2 heterocycles. The van der Waals surface area contributed by atoms with Crippen molar-refractivity contribution < 1.29 is 9.53 Å². The zero-order valence-electron chi connectivity index (χ0n) is 16.0. The van der Waals surface area contributed by atoms with Crippen LogP contribution in [0.25, 0.3) is 10.9 Å². The van der Waals surface area contributed by atoms with Crippen LogP contribution in [-0.4, -0.2) is 37.2 Å². The van der Waals surface area contributed by atoms with E-state index >= 15 is 0 Å². The van der Waals surface area contributed by atoms with E-state index in [9.17, 15) is 4.79 Å². The summed E-state index contributed by atoms with van der Waals surface area (Å²) in [5.74, 6) is -0.253. The van der Waals surface area contributed by atoms with Crippen molar-refractivity contribution in [3.8, 4) is 0 Å². The Labute approximate surface area is 169 Å². The normalized spacial score (nSPS) is 14.3. The van der Waals surface area contributed by atoms with Crippen LogP contribution >= 0.6 is 11.6 Å². The van der Waals surface area contributed by atoms with Gasteiger partial charge in [0.2, 0.25) is 0 Å². The molecule has 4 rings (SSSR count). The van der Waals surface area contributed by atoms with Gasteiger partial charge in [-0.15, -0.1) is 0 Å². The Balaban J connectivity index is 1.72. The third-order valence-electron chi connectivity index (χ3n) is 4.96. The number of hydrogen-bond acceptors (Lipinski definition) is 4. The lowest BCUT2D eigenvalue weighted by molar-refractivity contribution is 0.102. The number of aryl methyl sites for hydroxylation is 2. The Morgan fingerprint density at radius 2 is 1.89 bits per heavy atom. The monoisotopic (exact) mass is 395 g/mol. The minimum Gasteiger partial charge on any atom is -0.378 e. The molecule has 3 aromatic rings. The lowest BCUT2D eigenvalue weighted by Gasteiger charge is -2.30. The van der Waals surface area contributed by atoms with Gasteiger partial charge in [-0.05, 0) is 49.7 Å². The van der Waals surface area contributed by atoms with Gasteiger partial charge in [-0.2, -0.15) is 0 Å². The van der Waals surface area contributed by atoms with Gasteiger partial charge >= 0.3 is 0 Å². The number of amides is 1. The fourth-order valence-electron chi connectivity index (χ4n) is 3.37. The van der Waals surface area contributed by atoms with Crippen molar-refractivity contribution in [1.29, 1.82) is 0 Å². The van der Waals surface area contributed by atoms with Crippen molar-refractivity contribution in [2.75, 3.05) is 36.5 Å². The Hall–Kier alpha value is -2.63. The molecule has 1 aliphatic heterocycles. The van der Waals surface area contributed by atoms with E-state index in [0.29, 0.717) is 29.6 Å². The first kappa shape index (κ1) is 18.7. The number of carbonyl (C=O) groups is 1. The molecule has 5 nitrogen and oxygen atoms in total. The first-order chi connectivity index (χ1) is 13.5. The fourth-order valence-corrected chi connectivity index (χ4v) is 3.55. The predicted octanol–water partition coefficient (Wildman–Crippen LogP) is 4.59. The topological polar surface area (TPSA) is 54.5 Å². The van der Waals surface area contributed by atoms with Gasteiger partial charge in [0.05, 0.1) is 18.7 Å². The van der Waals surface area contributed by atoms with E-state index in [0.717, 1.165) is 40.8 Å². The largest absolute Gasteiger partial charge is 0.378 e. The highest BCUT2D eigenvalue weighted by Crippen LogP contribution is 2.29. The molecule has 144 valence electrons. The van der Waals surface area contributed by atoms with E-state index in [4.69, 9.17) is 16.3 Å². The third-order valence-corrected chi connectivity index (χ3v) is 5.36. The summed E-state index contributed by atoms with van der Waals surface area (Å²) in [6.07, 6.45) is 0. The van der Waals surface area contributed by atoms with Crippen molar-refractivity contribution in [3.05, 3.63) is 64.3 Å². The summed E-state index contributed by atoms with van der Waals surface area (Å²) >= 11 is 6.18. The van der Waals surface area contributed by atoms with Crippen LogP contribution in [0.2, 0.25) is 5.02 Å². The number of nitrogens with one attached hydrogen (secondary N) is 1. The van der Waals surface area contributed by atoms with Crippen LogP contribution in [0.5, 0.6) is 0 Å². The summed E-state index contributed by atoms with van der Waals surface area (Å²) in [5.41, 5.74) is 4.99. The number of anilines is 2. The molecular formula is C22H22ClN3O2. The van der Waals surface area contributed by atoms with Crippen LogP contribution in [0.4, 0.5) is 11.4 Å². The number of ether oxygens (including phenoxy) is 1. The van der Waals surface area contributed by atoms with Gasteiger partial charge in [-0.25, -0.2) is 4.98 Å². The first-order valence-corrected chi connectivity index (χ1v) is 9.71. The van der Waals surface area contributed by atoms with E-state index in [-0.39, 0.29) is 5.91 Å². The van der Waals surface area contributed by atoms with Crippen LogP contribution in [0.3, 0.4) is 0 Å². The predicted molar refractivity (Wildman–Crippen MR) is 114 cm³/mol. The molecule has 0 saturated carbocycles. The number of carbonyl (C=O) groups excluding carboxylic acids is 1. The van der Waals surface area contributed by atoms with Crippen LogP contribution in [0, 0.1) is 13.8 Å². The maximum absolute atomic E-state index is 12.9. The molecule has 2 aromatic carbocycles. The number of halogens is 1. The molecule has 1 fully saturated rings. The standard InChI is InChI=1S/C22H22ClN3O2/c1-14-3-6-19-17(11-14)21(26-7-9-28-10-8-26)13-20(25-19)22(27)24-16-5-4-15(2)18(23)12-16/h3-6,11-13H,7-10H2,1-2H3,(H,24,27). The van der Waals surface area contributed by atoms with Crippen molar-refractivity contribution in [3.63, 3.8) is 0 Å². The van der Waals surface area contributed by atoms with Gasteiger partial charge in [0, 0.05) is 34.9 Å². The zero-order valence-corrected chi connectivity index (χ0v) is 16.7. The second-order valence-electron chi connectivity index (χ2n) is 7.06. The number of aromatic nitrogens is 1. The van der Waals surface area contributed by atoms with E-state index in [2.05, 4.69) is 28.2 Å². The highest BCUT2D eigenvalue weighted by atomic mass is 35.5. The van der Waals surface area contributed by atoms with Crippen molar-refractivity contribution in [2.45, 2.75) is 13.8 Å². The second-order valence-corrected chi connectivity index (χ2v) is 7.47. The maximum atomic E-state index is 12.9. The molecule has 0 radical (unpaired) electrons. The minimum absolute atomic E-state index is 0.253. The maximum Gasteiger partial charge on any atom is 0.274 e. The number of nitrogens with zero attached hydrogens (tertiary/aromatic N) is 2. The van der Waals surface area contributed by atoms with E-state index in [1.165, 1.54) is 0 Å².